The van der Waals surface area contributed by atoms with E-state index in [1.54, 1.807) is 6.92 Å². The molecule has 3 aromatic rings. The summed E-state index contributed by atoms with van der Waals surface area (Å²) in [5, 5.41) is 0.597. The molecular formula is C14H9FN2O2. The molecule has 4 nitrogen and oxygen atoms in total. The van der Waals surface area contributed by atoms with E-state index < -0.39 is 0 Å². The van der Waals surface area contributed by atoms with Gasteiger partial charge in [0.1, 0.15) is 17.7 Å². The van der Waals surface area contributed by atoms with Gasteiger partial charge in [0.15, 0.2) is 5.76 Å². The molecule has 0 atom stereocenters. The number of aromatic nitrogens is 2. The second-order valence-electron chi connectivity index (χ2n) is 4.15. The Labute approximate surface area is 107 Å². The molecule has 0 aliphatic heterocycles. The molecule has 0 fully saturated rings. The van der Waals surface area contributed by atoms with Gasteiger partial charge in [-0.15, -0.1) is 0 Å². The summed E-state index contributed by atoms with van der Waals surface area (Å²) in [6.45, 7) is 1.72. The van der Waals surface area contributed by atoms with E-state index in [9.17, 15) is 9.18 Å². The maximum Gasteiger partial charge on any atom is 0.231 e. The molecule has 0 saturated carbocycles. The molecule has 0 unspecified atom stereocenters. The van der Waals surface area contributed by atoms with Crippen LogP contribution in [0.1, 0.15) is 21.7 Å². The Morgan fingerprint density at radius 3 is 2.74 bits per heavy atom. The molecule has 0 aliphatic carbocycles. The Hall–Kier alpha value is -2.56. The Morgan fingerprint density at radius 2 is 2.00 bits per heavy atom. The fourth-order valence-corrected chi connectivity index (χ4v) is 1.96. The van der Waals surface area contributed by atoms with Crippen LogP contribution in [0.3, 0.4) is 0 Å². The first-order valence-corrected chi connectivity index (χ1v) is 5.65. The summed E-state index contributed by atoms with van der Waals surface area (Å²) in [5.74, 6) is -0.483. The lowest BCUT2D eigenvalue weighted by molar-refractivity contribution is 0.101. The van der Waals surface area contributed by atoms with Gasteiger partial charge < -0.3 is 4.42 Å². The van der Waals surface area contributed by atoms with Crippen molar-refractivity contribution in [3.05, 3.63) is 59.6 Å². The molecule has 1 aromatic carbocycles. The fraction of sp³-hybridized carbons (Fsp3) is 0.0714. The number of carbonyl (C=O) groups is 1. The second kappa shape index (κ2) is 4.28. The lowest BCUT2D eigenvalue weighted by Gasteiger charge is -1.96. The molecule has 94 valence electrons. The minimum absolute atomic E-state index is 0.190. The van der Waals surface area contributed by atoms with Gasteiger partial charge in [-0.05, 0) is 25.1 Å². The molecule has 0 aliphatic rings. The molecule has 0 spiro atoms. The lowest BCUT2D eigenvalue weighted by Crippen LogP contribution is -2.02. The van der Waals surface area contributed by atoms with Gasteiger partial charge in [-0.25, -0.2) is 14.4 Å². The normalized spacial score (nSPS) is 10.8. The summed E-state index contributed by atoms with van der Waals surface area (Å²) >= 11 is 0. The molecular weight excluding hydrogens is 247 g/mol. The number of halogens is 1. The maximum absolute atomic E-state index is 13.2. The highest BCUT2D eigenvalue weighted by Crippen LogP contribution is 2.27. The van der Waals surface area contributed by atoms with Crippen LogP contribution in [-0.2, 0) is 0 Å². The van der Waals surface area contributed by atoms with Gasteiger partial charge >= 0.3 is 0 Å². The summed E-state index contributed by atoms with van der Waals surface area (Å²) in [7, 11) is 0. The van der Waals surface area contributed by atoms with E-state index in [1.165, 1.54) is 36.9 Å². The molecule has 19 heavy (non-hydrogen) atoms. The van der Waals surface area contributed by atoms with Crippen LogP contribution in [-0.4, -0.2) is 15.8 Å². The number of benzene rings is 1. The highest BCUT2D eigenvalue weighted by atomic mass is 19.1. The molecule has 0 N–H and O–H groups in total. The monoisotopic (exact) mass is 256 g/mol. The third kappa shape index (κ3) is 1.89. The van der Waals surface area contributed by atoms with E-state index in [2.05, 4.69) is 9.97 Å². The van der Waals surface area contributed by atoms with Crippen molar-refractivity contribution in [1.29, 1.82) is 0 Å². The number of nitrogens with zero attached hydrogens (tertiary/aromatic N) is 2. The van der Waals surface area contributed by atoms with Crippen LogP contribution in [0.5, 0.6) is 0 Å². The molecule has 0 amide bonds. The van der Waals surface area contributed by atoms with Crippen LogP contribution >= 0.6 is 0 Å². The van der Waals surface area contributed by atoms with Crippen LogP contribution in [0.25, 0.3) is 11.0 Å². The fourth-order valence-electron chi connectivity index (χ4n) is 1.96. The summed E-state index contributed by atoms with van der Waals surface area (Å²) in [6, 6.07) is 4.16. The second-order valence-corrected chi connectivity index (χ2v) is 4.15. The van der Waals surface area contributed by atoms with Gasteiger partial charge in [-0.1, -0.05) is 0 Å². The van der Waals surface area contributed by atoms with Gasteiger partial charge in [0.2, 0.25) is 5.78 Å². The van der Waals surface area contributed by atoms with Gasteiger partial charge in [0.25, 0.3) is 0 Å². The third-order valence-electron chi connectivity index (χ3n) is 2.93. The van der Waals surface area contributed by atoms with Gasteiger partial charge in [0.05, 0.1) is 5.56 Å². The van der Waals surface area contributed by atoms with Crippen LogP contribution in [0.2, 0.25) is 0 Å². The Morgan fingerprint density at radius 1 is 1.26 bits per heavy atom. The van der Waals surface area contributed by atoms with Crippen molar-refractivity contribution in [2.24, 2.45) is 0 Å². The quantitative estimate of drug-likeness (QED) is 0.661. The van der Waals surface area contributed by atoms with Gasteiger partial charge in [-0.2, -0.15) is 0 Å². The van der Waals surface area contributed by atoms with Gasteiger partial charge in [-0.3, -0.25) is 4.79 Å². The van der Waals surface area contributed by atoms with Crippen molar-refractivity contribution in [3.63, 3.8) is 0 Å². The first kappa shape index (κ1) is 11.5. The lowest BCUT2D eigenvalue weighted by atomic mass is 10.1. The zero-order chi connectivity index (χ0) is 13.4. The average Bonchev–Trinajstić information content (AvgIpc) is 2.76. The van der Waals surface area contributed by atoms with E-state index in [4.69, 9.17) is 4.42 Å². The van der Waals surface area contributed by atoms with E-state index >= 15 is 0 Å². The Kier molecular flexibility index (Phi) is 2.59. The standard InChI is InChI=1S/C14H9FN2O2/c1-8-11-4-10(15)2-3-12(11)19-14(8)13(18)9-5-16-7-17-6-9/h2-7H,1H3. The van der Waals surface area contributed by atoms with E-state index in [0.717, 1.165) is 0 Å². The van der Waals surface area contributed by atoms with E-state index in [-0.39, 0.29) is 17.4 Å². The van der Waals surface area contributed by atoms with Crippen LogP contribution < -0.4 is 0 Å². The Balaban J connectivity index is 2.16. The molecule has 2 heterocycles. The largest absolute Gasteiger partial charge is 0.452 e. The van der Waals surface area contributed by atoms with Crippen molar-refractivity contribution in [2.75, 3.05) is 0 Å². The number of hydrogen-bond acceptors (Lipinski definition) is 4. The molecule has 2 aromatic heterocycles. The molecule has 0 radical (unpaired) electrons. The van der Waals surface area contributed by atoms with Crippen molar-refractivity contribution in [1.82, 2.24) is 9.97 Å². The van der Waals surface area contributed by atoms with Crippen molar-refractivity contribution < 1.29 is 13.6 Å². The molecule has 0 saturated heterocycles. The number of ketones is 1. The highest BCUT2D eigenvalue weighted by molar-refractivity contribution is 6.10. The highest BCUT2D eigenvalue weighted by Gasteiger charge is 2.19. The number of furan rings is 1. The first-order valence-electron chi connectivity index (χ1n) is 5.65. The van der Waals surface area contributed by atoms with E-state index in [0.29, 0.717) is 22.1 Å². The number of aryl methyl sites for hydroxylation is 1. The zero-order valence-corrected chi connectivity index (χ0v) is 10.1. The third-order valence-corrected chi connectivity index (χ3v) is 2.93. The first-order chi connectivity index (χ1) is 9.16. The smallest absolute Gasteiger partial charge is 0.231 e. The van der Waals surface area contributed by atoms with Crippen molar-refractivity contribution in [3.8, 4) is 0 Å². The maximum atomic E-state index is 13.2. The van der Waals surface area contributed by atoms with E-state index in [1.807, 2.05) is 0 Å². The SMILES string of the molecule is Cc1c(C(=O)c2cncnc2)oc2ccc(F)cc12. The summed E-state index contributed by atoms with van der Waals surface area (Å²) in [4.78, 5) is 19.8. The Bertz CT molecular complexity index is 766. The average molecular weight is 256 g/mol. The van der Waals surface area contributed by atoms with Crippen LogP contribution in [0.4, 0.5) is 4.39 Å². The van der Waals surface area contributed by atoms with Crippen molar-refractivity contribution in [2.45, 2.75) is 6.92 Å². The minimum Gasteiger partial charge on any atom is -0.452 e. The molecule has 0 bridgehead atoms. The van der Waals surface area contributed by atoms with Crippen LogP contribution in [0, 0.1) is 12.7 Å². The minimum atomic E-state index is -0.363. The zero-order valence-electron chi connectivity index (χ0n) is 10.1. The van der Waals surface area contributed by atoms with Gasteiger partial charge in [0, 0.05) is 23.3 Å². The topological polar surface area (TPSA) is 56.0 Å². The number of carbonyl (C=O) groups excluding carboxylic acids is 1. The number of fused-ring (bicyclic) bond motifs is 1. The predicted octanol–water partition coefficient (Wildman–Crippen LogP) is 2.90. The summed E-state index contributed by atoms with van der Waals surface area (Å²) in [5.41, 5.74) is 1.44. The summed E-state index contributed by atoms with van der Waals surface area (Å²) < 4.78 is 18.7. The molecule has 5 heteroatoms. The number of hydrogen-bond donors (Lipinski definition) is 0. The van der Waals surface area contributed by atoms with Crippen molar-refractivity contribution >= 4 is 16.8 Å². The number of rotatable bonds is 2. The van der Waals surface area contributed by atoms with Crippen LogP contribution in [0.15, 0.2) is 41.3 Å². The predicted molar refractivity (Wildman–Crippen MR) is 66.4 cm³/mol. The molecule has 3 rings (SSSR count). The summed E-state index contributed by atoms with van der Waals surface area (Å²) in [6.07, 6.45) is 4.18.